The van der Waals surface area contributed by atoms with Gasteiger partial charge in [-0.2, -0.15) is 4.39 Å². The number of aromatic nitrogens is 1. The molecule has 2 atom stereocenters. The number of anilines is 2. The number of likely N-dealkylation sites (tertiary alicyclic amines) is 1. The van der Waals surface area contributed by atoms with Crippen molar-refractivity contribution in [2.45, 2.75) is 32.1 Å². The summed E-state index contributed by atoms with van der Waals surface area (Å²) < 4.78 is 30.6. The quantitative estimate of drug-likeness (QED) is 0.310. The third kappa shape index (κ3) is 5.97. The molecule has 1 aromatic carbocycles. The third-order valence-corrected chi connectivity index (χ3v) is 7.15. The average molecular weight is 533 g/mol. The highest BCUT2D eigenvalue weighted by Crippen LogP contribution is 2.41. The minimum Gasteiger partial charge on any atom is -0.449 e. The first kappa shape index (κ1) is 26.7. The lowest BCUT2D eigenvalue weighted by atomic mass is 9.68. The SMILES string of the molecule is C[C@H]1CN(C(=O)OCCCOCC(=O)Nc2c(N)oc3ccccc23)CC[C@]1(C)c1cc(Cl)cnc1F. The van der Waals surface area contributed by atoms with Crippen molar-refractivity contribution in [1.29, 1.82) is 0 Å². The molecule has 198 valence electrons. The number of carbonyl (C=O) groups is 2. The van der Waals surface area contributed by atoms with Crippen LogP contribution in [0.25, 0.3) is 11.0 Å². The monoisotopic (exact) mass is 532 g/mol. The van der Waals surface area contributed by atoms with E-state index in [2.05, 4.69) is 10.3 Å². The number of para-hydroxylation sites is 1. The van der Waals surface area contributed by atoms with Crippen LogP contribution in [0, 0.1) is 11.9 Å². The molecule has 0 radical (unpaired) electrons. The number of fused-ring (bicyclic) bond motifs is 1. The molecule has 1 aliphatic rings. The maximum atomic E-state index is 14.4. The van der Waals surface area contributed by atoms with Crippen LogP contribution in [0.1, 0.15) is 32.3 Å². The van der Waals surface area contributed by atoms with E-state index in [-0.39, 0.29) is 37.5 Å². The normalized spacial score (nSPS) is 19.7. The summed E-state index contributed by atoms with van der Waals surface area (Å²) in [5, 5.41) is 3.80. The third-order valence-electron chi connectivity index (χ3n) is 6.94. The largest absolute Gasteiger partial charge is 0.449 e. The molecule has 0 spiro atoms. The maximum absolute atomic E-state index is 14.4. The zero-order chi connectivity index (χ0) is 26.6. The van der Waals surface area contributed by atoms with Crippen LogP contribution in [0.3, 0.4) is 0 Å². The number of benzene rings is 1. The molecular formula is C26H30ClFN4O5. The van der Waals surface area contributed by atoms with Gasteiger partial charge in [0.15, 0.2) is 0 Å². The Labute approximate surface area is 219 Å². The van der Waals surface area contributed by atoms with Gasteiger partial charge in [-0.15, -0.1) is 0 Å². The van der Waals surface area contributed by atoms with Gasteiger partial charge in [0.2, 0.25) is 11.8 Å². The van der Waals surface area contributed by atoms with Gasteiger partial charge in [0.1, 0.15) is 17.9 Å². The van der Waals surface area contributed by atoms with Crippen molar-refractivity contribution in [1.82, 2.24) is 9.88 Å². The Hall–Kier alpha value is -3.37. The summed E-state index contributed by atoms with van der Waals surface area (Å²) in [4.78, 5) is 30.1. The molecule has 4 rings (SSSR count). The zero-order valence-corrected chi connectivity index (χ0v) is 21.5. The first-order chi connectivity index (χ1) is 17.7. The number of rotatable bonds is 8. The molecule has 2 aromatic heterocycles. The van der Waals surface area contributed by atoms with Gasteiger partial charge in [-0.1, -0.05) is 37.6 Å². The minimum absolute atomic E-state index is 0.0354. The smallest absolute Gasteiger partial charge is 0.409 e. The Morgan fingerprint density at radius 2 is 2.14 bits per heavy atom. The standard InChI is InChI=1S/C26H30ClFN4O5/c1-16-14-32(9-8-26(16,2)19-12-17(27)13-30-23(19)28)25(34)36-11-5-10-35-15-21(33)31-22-18-6-3-4-7-20(18)37-24(22)29/h3-4,6-7,12-13,16H,5,8-11,14-15,29H2,1-2H3,(H,31,33)/t16-,26-/m0/s1. The van der Waals surface area contributed by atoms with Crippen LogP contribution in [0.2, 0.25) is 5.02 Å². The Kier molecular flexibility index (Phi) is 8.19. The van der Waals surface area contributed by atoms with E-state index in [0.29, 0.717) is 53.2 Å². The molecule has 0 aliphatic carbocycles. The number of amides is 2. The molecule has 1 aliphatic heterocycles. The molecule has 1 saturated heterocycles. The highest BCUT2D eigenvalue weighted by atomic mass is 35.5. The predicted molar refractivity (Wildman–Crippen MR) is 138 cm³/mol. The molecular weight excluding hydrogens is 503 g/mol. The summed E-state index contributed by atoms with van der Waals surface area (Å²) in [5.74, 6) is -0.813. The molecule has 1 fully saturated rings. The van der Waals surface area contributed by atoms with Crippen LogP contribution in [0.5, 0.6) is 0 Å². The fourth-order valence-electron chi connectivity index (χ4n) is 4.57. The van der Waals surface area contributed by atoms with Crippen LogP contribution >= 0.6 is 11.6 Å². The van der Waals surface area contributed by atoms with Crippen molar-refractivity contribution >= 4 is 46.1 Å². The van der Waals surface area contributed by atoms with Crippen LogP contribution < -0.4 is 11.1 Å². The average Bonchev–Trinajstić information content (AvgIpc) is 3.19. The van der Waals surface area contributed by atoms with Crippen molar-refractivity contribution in [2.75, 3.05) is 44.0 Å². The number of carbonyl (C=O) groups excluding carboxylic acids is 2. The molecule has 2 amide bonds. The Morgan fingerprint density at radius 3 is 2.92 bits per heavy atom. The number of hydrogen-bond acceptors (Lipinski definition) is 7. The summed E-state index contributed by atoms with van der Waals surface area (Å²) in [7, 11) is 0. The molecule has 0 saturated carbocycles. The van der Waals surface area contributed by atoms with Crippen LogP contribution in [0.15, 0.2) is 40.9 Å². The molecule has 37 heavy (non-hydrogen) atoms. The zero-order valence-electron chi connectivity index (χ0n) is 20.8. The Morgan fingerprint density at radius 1 is 1.35 bits per heavy atom. The van der Waals surface area contributed by atoms with Crippen molar-refractivity contribution in [2.24, 2.45) is 5.92 Å². The van der Waals surface area contributed by atoms with Crippen molar-refractivity contribution in [3.05, 3.63) is 53.1 Å². The summed E-state index contributed by atoms with van der Waals surface area (Å²) >= 11 is 6.04. The van der Waals surface area contributed by atoms with Crippen LogP contribution in [-0.4, -0.2) is 54.8 Å². The van der Waals surface area contributed by atoms with Gasteiger partial charge < -0.3 is 29.8 Å². The van der Waals surface area contributed by atoms with Crippen LogP contribution in [-0.2, 0) is 19.7 Å². The van der Waals surface area contributed by atoms with Gasteiger partial charge in [-0.05, 0) is 30.5 Å². The number of pyridine rings is 1. The van der Waals surface area contributed by atoms with Gasteiger partial charge in [0, 0.05) is 42.1 Å². The lowest BCUT2D eigenvalue weighted by molar-refractivity contribution is -0.120. The molecule has 11 heteroatoms. The van der Waals surface area contributed by atoms with Crippen molar-refractivity contribution in [3.8, 4) is 0 Å². The fourth-order valence-corrected chi connectivity index (χ4v) is 4.73. The first-order valence-electron chi connectivity index (χ1n) is 12.1. The number of furan rings is 1. The number of nitrogens with zero attached hydrogens (tertiary/aromatic N) is 2. The number of piperidine rings is 1. The second kappa shape index (κ2) is 11.4. The van der Waals surface area contributed by atoms with Gasteiger partial charge in [-0.3, -0.25) is 4.79 Å². The predicted octanol–water partition coefficient (Wildman–Crippen LogP) is 4.98. The Bertz CT molecular complexity index is 1290. The van der Waals surface area contributed by atoms with E-state index >= 15 is 0 Å². The molecule has 0 unspecified atom stereocenters. The lowest BCUT2D eigenvalue weighted by Crippen LogP contribution is -2.50. The number of hydrogen-bond donors (Lipinski definition) is 2. The molecule has 3 heterocycles. The van der Waals surface area contributed by atoms with Gasteiger partial charge in [0.05, 0.1) is 18.2 Å². The highest BCUT2D eigenvalue weighted by Gasteiger charge is 2.41. The minimum atomic E-state index is -0.537. The van der Waals surface area contributed by atoms with E-state index in [0.717, 1.165) is 0 Å². The summed E-state index contributed by atoms with van der Waals surface area (Å²) in [6.45, 7) is 4.99. The number of nitrogen functional groups attached to an aromatic ring is 1. The fraction of sp³-hybridized carbons (Fsp3) is 0.423. The lowest BCUT2D eigenvalue weighted by Gasteiger charge is -2.44. The molecule has 9 nitrogen and oxygen atoms in total. The van der Waals surface area contributed by atoms with E-state index in [1.54, 1.807) is 23.1 Å². The summed E-state index contributed by atoms with van der Waals surface area (Å²) in [6, 6.07) is 8.82. The number of ether oxygens (including phenoxy) is 2. The van der Waals surface area contributed by atoms with E-state index in [1.165, 1.54) is 6.20 Å². The number of nitrogens with one attached hydrogen (secondary N) is 1. The van der Waals surface area contributed by atoms with Crippen LogP contribution in [0.4, 0.5) is 20.8 Å². The summed E-state index contributed by atoms with van der Waals surface area (Å²) in [6.07, 6.45) is 1.83. The van der Waals surface area contributed by atoms with E-state index in [1.807, 2.05) is 26.0 Å². The Balaban J connectivity index is 1.16. The van der Waals surface area contributed by atoms with Gasteiger partial charge in [0.25, 0.3) is 5.91 Å². The molecule has 0 bridgehead atoms. The second-order valence-corrected chi connectivity index (χ2v) is 9.85. The van der Waals surface area contributed by atoms with Crippen molar-refractivity contribution < 1.29 is 27.9 Å². The maximum Gasteiger partial charge on any atom is 0.409 e. The molecule has 3 aromatic rings. The van der Waals surface area contributed by atoms with Crippen molar-refractivity contribution in [3.63, 3.8) is 0 Å². The highest BCUT2D eigenvalue weighted by molar-refractivity contribution is 6.30. The molecule has 3 N–H and O–H groups in total. The first-order valence-corrected chi connectivity index (χ1v) is 12.4. The number of nitrogens with two attached hydrogens (primary N) is 1. The van der Waals surface area contributed by atoms with E-state index in [9.17, 15) is 14.0 Å². The second-order valence-electron chi connectivity index (χ2n) is 9.41. The summed E-state index contributed by atoms with van der Waals surface area (Å²) in [5.41, 5.74) is 6.81. The van der Waals surface area contributed by atoms with E-state index < -0.39 is 17.5 Å². The van der Waals surface area contributed by atoms with E-state index in [4.69, 9.17) is 31.2 Å². The topological polar surface area (TPSA) is 120 Å². The van der Waals surface area contributed by atoms with Gasteiger partial charge >= 0.3 is 6.09 Å². The van der Waals surface area contributed by atoms with Gasteiger partial charge in [-0.25, -0.2) is 9.78 Å². The number of halogens is 2.